The van der Waals surface area contributed by atoms with Crippen molar-refractivity contribution >= 4 is 35.8 Å². The molecule has 0 spiro atoms. The molecule has 28 heavy (non-hydrogen) atoms. The SMILES string of the molecule is CN=C(NCCCNC(=O)c1occc1C)N1CCC(c2ncn[nH]2)CC1.I. The topological polar surface area (TPSA) is 111 Å². The highest BCUT2D eigenvalue weighted by Crippen LogP contribution is 2.24. The second-order valence-corrected chi connectivity index (χ2v) is 6.65. The predicted molar refractivity (Wildman–Crippen MR) is 117 cm³/mol. The molecule has 1 aliphatic heterocycles. The van der Waals surface area contributed by atoms with Crippen molar-refractivity contribution in [2.75, 3.05) is 33.2 Å². The van der Waals surface area contributed by atoms with Crippen molar-refractivity contribution < 1.29 is 9.21 Å². The molecule has 0 aliphatic carbocycles. The predicted octanol–water partition coefficient (Wildman–Crippen LogP) is 1.90. The highest BCUT2D eigenvalue weighted by molar-refractivity contribution is 14.0. The molecule has 9 nitrogen and oxygen atoms in total. The van der Waals surface area contributed by atoms with E-state index in [9.17, 15) is 4.79 Å². The molecule has 0 saturated carbocycles. The summed E-state index contributed by atoms with van der Waals surface area (Å²) in [6, 6.07) is 1.78. The van der Waals surface area contributed by atoms with Gasteiger partial charge in [-0.3, -0.25) is 14.9 Å². The van der Waals surface area contributed by atoms with E-state index >= 15 is 0 Å². The fraction of sp³-hybridized carbons (Fsp3) is 0.556. The van der Waals surface area contributed by atoms with Gasteiger partial charge in [0.1, 0.15) is 12.2 Å². The van der Waals surface area contributed by atoms with E-state index in [-0.39, 0.29) is 29.9 Å². The fourth-order valence-corrected chi connectivity index (χ4v) is 3.28. The zero-order valence-electron chi connectivity index (χ0n) is 16.3. The third kappa shape index (κ3) is 5.69. The maximum absolute atomic E-state index is 12.0. The van der Waals surface area contributed by atoms with Gasteiger partial charge in [0.15, 0.2) is 11.7 Å². The van der Waals surface area contributed by atoms with Crippen molar-refractivity contribution in [3.05, 3.63) is 35.8 Å². The van der Waals surface area contributed by atoms with Crippen molar-refractivity contribution in [3.8, 4) is 0 Å². The first-order valence-corrected chi connectivity index (χ1v) is 9.32. The number of furan rings is 1. The smallest absolute Gasteiger partial charge is 0.287 e. The average Bonchev–Trinajstić information content (AvgIpc) is 3.36. The minimum absolute atomic E-state index is 0. The number of aliphatic imine (C=N–C) groups is 1. The molecule has 1 fully saturated rings. The first-order chi connectivity index (χ1) is 13.2. The van der Waals surface area contributed by atoms with Crippen LogP contribution in [0.5, 0.6) is 0 Å². The van der Waals surface area contributed by atoms with Gasteiger partial charge in [-0.1, -0.05) is 0 Å². The number of halogens is 1. The number of nitrogens with one attached hydrogen (secondary N) is 3. The van der Waals surface area contributed by atoms with Crippen molar-refractivity contribution in [2.24, 2.45) is 4.99 Å². The molecule has 1 aliphatic rings. The van der Waals surface area contributed by atoms with Crippen LogP contribution >= 0.6 is 24.0 Å². The third-order valence-electron chi connectivity index (χ3n) is 4.82. The first kappa shape index (κ1) is 22.2. The number of likely N-dealkylation sites (tertiary alicyclic amines) is 1. The van der Waals surface area contributed by atoms with Crippen LogP contribution in [-0.4, -0.2) is 65.2 Å². The molecular formula is C18H28IN7O2. The van der Waals surface area contributed by atoms with Crippen LogP contribution in [-0.2, 0) is 0 Å². The molecule has 0 unspecified atom stereocenters. The van der Waals surface area contributed by atoms with Gasteiger partial charge in [0.25, 0.3) is 5.91 Å². The van der Waals surface area contributed by atoms with E-state index in [2.05, 4.69) is 35.7 Å². The standard InChI is InChI=1S/C18H27N7O2.HI/c1-13-6-11-27-15(13)17(26)20-7-3-8-21-18(19-2)25-9-4-14(5-10-25)16-22-12-23-24-16;/h6,11-12,14H,3-5,7-10H2,1-2H3,(H,19,21)(H,20,26)(H,22,23,24);1H. The molecule has 154 valence electrons. The molecular weight excluding hydrogens is 473 g/mol. The second-order valence-electron chi connectivity index (χ2n) is 6.65. The van der Waals surface area contributed by atoms with Crippen molar-refractivity contribution in [1.29, 1.82) is 0 Å². The van der Waals surface area contributed by atoms with Crippen LogP contribution < -0.4 is 10.6 Å². The lowest BCUT2D eigenvalue weighted by Gasteiger charge is -2.33. The number of aryl methyl sites for hydroxylation is 1. The molecule has 2 aromatic rings. The lowest BCUT2D eigenvalue weighted by Crippen LogP contribution is -2.46. The molecule has 1 saturated heterocycles. The van der Waals surface area contributed by atoms with Crippen LogP contribution in [0.4, 0.5) is 0 Å². The number of amides is 1. The number of piperidine rings is 1. The van der Waals surface area contributed by atoms with Crippen molar-refractivity contribution in [1.82, 2.24) is 30.7 Å². The Morgan fingerprint density at radius 3 is 2.71 bits per heavy atom. The Morgan fingerprint density at radius 2 is 2.11 bits per heavy atom. The Balaban J connectivity index is 0.00000280. The molecule has 0 radical (unpaired) electrons. The molecule has 1 amide bonds. The maximum Gasteiger partial charge on any atom is 0.287 e. The lowest BCUT2D eigenvalue weighted by molar-refractivity contribution is 0.0925. The molecule has 3 N–H and O–H groups in total. The van der Waals surface area contributed by atoms with Gasteiger partial charge >= 0.3 is 0 Å². The number of hydrogen-bond acceptors (Lipinski definition) is 5. The van der Waals surface area contributed by atoms with Crippen LogP contribution in [0, 0.1) is 6.92 Å². The summed E-state index contributed by atoms with van der Waals surface area (Å²) in [6.07, 6.45) is 5.94. The zero-order valence-corrected chi connectivity index (χ0v) is 18.6. The summed E-state index contributed by atoms with van der Waals surface area (Å²) < 4.78 is 5.19. The zero-order chi connectivity index (χ0) is 19.1. The number of aromatic nitrogens is 3. The maximum atomic E-state index is 12.0. The monoisotopic (exact) mass is 501 g/mol. The van der Waals surface area contributed by atoms with Crippen LogP contribution in [0.3, 0.4) is 0 Å². The summed E-state index contributed by atoms with van der Waals surface area (Å²) in [6.45, 7) is 5.04. The molecule has 10 heteroatoms. The molecule has 3 heterocycles. The number of H-pyrrole nitrogens is 1. The van der Waals surface area contributed by atoms with Gasteiger partial charge in [0, 0.05) is 44.7 Å². The van der Waals surface area contributed by atoms with Crippen molar-refractivity contribution in [2.45, 2.75) is 32.1 Å². The summed E-state index contributed by atoms with van der Waals surface area (Å²) in [7, 11) is 1.80. The first-order valence-electron chi connectivity index (χ1n) is 9.32. The number of carbonyl (C=O) groups is 1. The van der Waals surface area contributed by atoms with Crippen LogP contribution in [0.25, 0.3) is 0 Å². The average molecular weight is 501 g/mol. The summed E-state index contributed by atoms with van der Waals surface area (Å²) >= 11 is 0. The molecule has 0 atom stereocenters. The number of carbonyl (C=O) groups excluding carboxylic acids is 1. The molecule has 3 rings (SSSR count). The van der Waals surface area contributed by atoms with E-state index in [4.69, 9.17) is 4.42 Å². The molecule has 2 aromatic heterocycles. The largest absolute Gasteiger partial charge is 0.459 e. The van der Waals surface area contributed by atoms with E-state index in [1.165, 1.54) is 6.26 Å². The van der Waals surface area contributed by atoms with Gasteiger partial charge in [-0.05, 0) is 32.3 Å². The van der Waals surface area contributed by atoms with Gasteiger partial charge in [0.2, 0.25) is 0 Å². The van der Waals surface area contributed by atoms with E-state index in [0.29, 0.717) is 18.2 Å². The van der Waals surface area contributed by atoms with E-state index in [0.717, 1.165) is 56.2 Å². The van der Waals surface area contributed by atoms with E-state index in [1.54, 1.807) is 19.4 Å². The summed E-state index contributed by atoms with van der Waals surface area (Å²) in [5.41, 5.74) is 0.847. The minimum Gasteiger partial charge on any atom is -0.459 e. The number of hydrogen-bond donors (Lipinski definition) is 3. The van der Waals surface area contributed by atoms with Crippen LogP contribution in [0.1, 0.15) is 47.1 Å². The number of guanidine groups is 1. The third-order valence-corrected chi connectivity index (χ3v) is 4.82. The van der Waals surface area contributed by atoms with Crippen LogP contribution in [0.2, 0.25) is 0 Å². The Bertz CT molecular complexity index is 752. The quantitative estimate of drug-likeness (QED) is 0.241. The normalized spacial score (nSPS) is 15.2. The molecule has 0 bridgehead atoms. The Labute approximate surface area is 181 Å². The van der Waals surface area contributed by atoms with Crippen molar-refractivity contribution in [3.63, 3.8) is 0 Å². The Hall–Kier alpha value is -2.11. The van der Waals surface area contributed by atoms with E-state index < -0.39 is 0 Å². The van der Waals surface area contributed by atoms with Crippen LogP contribution in [0.15, 0.2) is 28.1 Å². The second kappa shape index (κ2) is 11.0. The van der Waals surface area contributed by atoms with Gasteiger partial charge in [0.05, 0.1) is 6.26 Å². The highest BCUT2D eigenvalue weighted by Gasteiger charge is 2.24. The van der Waals surface area contributed by atoms with Gasteiger partial charge in [-0.25, -0.2) is 4.98 Å². The summed E-state index contributed by atoms with van der Waals surface area (Å²) in [4.78, 5) is 22.9. The lowest BCUT2D eigenvalue weighted by atomic mass is 9.96. The molecule has 0 aromatic carbocycles. The van der Waals surface area contributed by atoms with Gasteiger partial charge in [-0.2, -0.15) is 5.10 Å². The number of aromatic amines is 1. The number of rotatable bonds is 6. The Morgan fingerprint density at radius 1 is 1.36 bits per heavy atom. The van der Waals surface area contributed by atoms with Gasteiger partial charge < -0.3 is 20.0 Å². The van der Waals surface area contributed by atoms with Gasteiger partial charge in [-0.15, -0.1) is 24.0 Å². The fourth-order valence-electron chi connectivity index (χ4n) is 3.28. The Kier molecular flexibility index (Phi) is 8.74. The number of nitrogens with zero attached hydrogens (tertiary/aromatic N) is 4. The summed E-state index contributed by atoms with van der Waals surface area (Å²) in [5, 5.41) is 13.2. The van der Waals surface area contributed by atoms with E-state index in [1.807, 2.05) is 6.92 Å². The minimum atomic E-state index is -0.170. The summed E-state index contributed by atoms with van der Waals surface area (Å²) in [5.74, 6) is 2.52. The highest BCUT2D eigenvalue weighted by atomic mass is 127.